The number of quaternary nitrogens is 1. The van der Waals surface area contributed by atoms with Crippen LogP contribution in [0, 0.1) is 13.8 Å². The lowest BCUT2D eigenvalue weighted by Gasteiger charge is -2.57. The Morgan fingerprint density at radius 1 is 1.09 bits per heavy atom. The van der Waals surface area contributed by atoms with Crippen molar-refractivity contribution >= 4 is 40.0 Å². The standard InChI is InChI=1S/C40H45N5O7S/c1-17-9-27-30(35(48)36(17)49-6)34-33-40(53-15-26-32-28(18(2)11-43(26)5)23-10-21(41)7-8-24(23)42-32)31-29(25(14-46)44(33)12-22-13-45(22,27)34)39-38(50-16-51-39)19(3)37(31)52-20(4)47/h7-10,18,22,25-26,33-34,40,42,46H,11-16,41H2,1-6H3/p+1. The predicted octanol–water partition coefficient (Wildman–Crippen LogP) is 5.48. The van der Waals surface area contributed by atoms with Crippen LogP contribution in [0.2, 0.25) is 0 Å². The normalized spacial score (nSPS) is 30.4. The molecular formula is C40H46N5O7S+. The van der Waals surface area contributed by atoms with E-state index < -0.39 is 12.0 Å². The number of likely N-dealkylation sites (N-methyl/N-ethyl adjacent to an activating group) is 1. The van der Waals surface area contributed by atoms with Crippen LogP contribution in [0.15, 0.2) is 24.3 Å². The van der Waals surface area contributed by atoms with Gasteiger partial charge in [0.05, 0.1) is 43.6 Å². The molecule has 4 aromatic rings. The zero-order chi connectivity index (χ0) is 36.8. The van der Waals surface area contributed by atoms with E-state index in [-0.39, 0.29) is 42.5 Å². The van der Waals surface area contributed by atoms with E-state index in [2.05, 4.69) is 47.0 Å². The number of benzene rings is 3. The minimum Gasteiger partial charge on any atom is -0.504 e. The van der Waals surface area contributed by atoms with Gasteiger partial charge in [0, 0.05) is 69.8 Å². The van der Waals surface area contributed by atoms with Crippen molar-refractivity contribution in [2.45, 2.75) is 69.1 Å². The van der Waals surface area contributed by atoms with E-state index >= 15 is 0 Å². The number of thioether (sulfide) groups is 1. The Morgan fingerprint density at radius 3 is 2.64 bits per heavy atom. The van der Waals surface area contributed by atoms with E-state index in [1.165, 1.54) is 23.6 Å². The van der Waals surface area contributed by atoms with Crippen LogP contribution >= 0.6 is 11.8 Å². The Morgan fingerprint density at radius 2 is 1.89 bits per heavy atom. The number of aromatic hydroxyl groups is 1. The number of aromatic nitrogens is 1. The van der Waals surface area contributed by atoms with Crippen molar-refractivity contribution in [2.75, 3.05) is 58.7 Å². The number of nitrogens with zero attached hydrogens (tertiary/aromatic N) is 3. The number of methoxy groups -OCH3 is 1. The van der Waals surface area contributed by atoms with Crippen LogP contribution in [0.1, 0.15) is 82.2 Å². The molecule has 0 aliphatic carbocycles. The second-order valence-corrected chi connectivity index (χ2v) is 17.1. The quantitative estimate of drug-likeness (QED) is 0.0657. The van der Waals surface area contributed by atoms with Gasteiger partial charge < -0.3 is 39.9 Å². The number of rotatable bonds is 6. The number of esters is 1. The highest BCUT2D eigenvalue weighted by Gasteiger charge is 2.78. The molecule has 0 amide bonds. The number of hydrogen-bond acceptors (Lipinski definition) is 11. The summed E-state index contributed by atoms with van der Waals surface area (Å²) in [7, 11) is 3.79. The summed E-state index contributed by atoms with van der Waals surface area (Å²) in [4.78, 5) is 21.5. The number of fused-ring (bicyclic) bond motifs is 10. The number of phenols is 1. The van der Waals surface area contributed by atoms with Gasteiger partial charge in [-0.25, -0.2) is 0 Å². The molecule has 3 aromatic carbocycles. The first kappa shape index (κ1) is 33.4. The highest BCUT2D eigenvalue weighted by atomic mass is 32.2. The molecule has 12 nitrogen and oxygen atoms in total. The monoisotopic (exact) mass is 740 g/mol. The van der Waals surface area contributed by atoms with Crippen LogP contribution in [0.5, 0.6) is 28.7 Å². The fourth-order valence-corrected chi connectivity index (χ4v) is 12.7. The van der Waals surface area contributed by atoms with E-state index in [1.54, 1.807) is 7.11 Å². The number of nitrogen functional groups attached to an aromatic ring is 1. The average molecular weight is 741 g/mol. The summed E-state index contributed by atoms with van der Waals surface area (Å²) in [6.07, 6.45) is 0. The zero-order valence-corrected chi connectivity index (χ0v) is 31.7. The molecule has 278 valence electrons. The molecule has 2 fully saturated rings. The van der Waals surface area contributed by atoms with Crippen LogP contribution in [-0.2, 0) is 4.79 Å². The second kappa shape index (κ2) is 11.4. The number of ether oxygens (including phenoxy) is 4. The predicted molar refractivity (Wildman–Crippen MR) is 203 cm³/mol. The number of hydrogen-bond donors (Lipinski definition) is 4. The number of piperazine rings is 1. The first-order valence-electron chi connectivity index (χ1n) is 18.5. The molecule has 8 atom stereocenters. The van der Waals surface area contributed by atoms with Crippen molar-refractivity contribution in [2.24, 2.45) is 0 Å². The third-order valence-electron chi connectivity index (χ3n) is 13.1. The fraction of sp³-hybridized carbons (Fsp3) is 0.475. The number of nitrogens with one attached hydrogen (secondary N) is 1. The molecule has 2 saturated heterocycles. The maximum atomic E-state index is 12.9. The maximum Gasteiger partial charge on any atom is 0.308 e. The van der Waals surface area contributed by atoms with Crippen molar-refractivity contribution in [1.82, 2.24) is 19.3 Å². The van der Waals surface area contributed by atoms with Gasteiger partial charge in [0.1, 0.15) is 29.6 Å². The fourth-order valence-electron chi connectivity index (χ4n) is 11.0. The van der Waals surface area contributed by atoms with Crippen molar-refractivity contribution in [3.8, 4) is 28.7 Å². The van der Waals surface area contributed by atoms with Gasteiger partial charge in [0.15, 0.2) is 29.0 Å². The molecule has 1 aromatic heterocycles. The minimum atomic E-state index is -0.428. The smallest absolute Gasteiger partial charge is 0.308 e. The summed E-state index contributed by atoms with van der Waals surface area (Å²) >= 11 is 1.85. The number of nitrogens with two attached hydrogens (primary N) is 1. The van der Waals surface area contributed by atoms with Gasteiger partial charge in [0.2, 0.25) is 6.79 Å². The first-order valence-corrected chi connectivity index (χ1v) is 19.6. The average Bonchev–Trinajstić information content (AvgIpc) is 3.48. The largest absolute Gasteiger partial charge is 0.504 e. The van der Waals surface area contributed by atoms with Crippen molar-refractivity contribution in [3.05, 3.63) is 63.3 Å². The van der Waals surface area contributed by atoms with Crippen LogP contribution < -0.4 is 29.2 Å². The number of aliphatic hydroxyl groups is 1. The molecule has 0 radical (unpaired) electrons. The number of aromatic amines is 1. The Hall–Kier alpha value is -4.14. The lowest BCUT2D eigenvalue weighted by molar-refractivity contribution is -0.132. The van der Waals surface area contributed by atoms with Gasteiger partial charge in [-0.3, -0.25) is 19.1 Å². The zero-order valence-electron chi connectivity index (χ0n) is 30.9. The van der Waals surface area contributed by atoms with E-state index in [4.69, 9.17) is 24.7 Å². The summed E-state index contributed by atoms with van der Waals surface area (Å²) in [5.74, 6) is 2.98. The molecule has 6 aliphatic rings. The van der Waals surface area contributed by atoms with Crippen molar-refractivity contribution in [3.63, 3.8) is 0 Å². The molecule has 53 heavy (non-hydrogen) atoms. The Bertz CT molecular complexity index is 2260. The maximum absolute atomic E-state index is 12.9. The molecular weight excluding hydrogens is 695 g/mol. The van der Waals surface area contributed by atoms with Gasteiger partial charge >= 0.3 is 5.97 Å². The van der Waals surface area contributed by atoms with Crippen molar-refractivity contribution in [1.29, 1.82) is 0 Å². The number of carbonyl (C=O) groups is 1. The van der Waals surface area contributed by atoms with Gasteiger partial charge in [-0.15, -0.1) is 11.8 Å². The van der Waals surface area contributed by atoms with Crippen LogP contribution in [0.25, 0.3) is 10.9 Å². The highest BCUT2D eigenvalue weighted by Crippen LogP contribution is 2.72. The van der Waals surface area contributed by atoms with Crippen LogP contribution in [0.3, 0.4) is 0 Å². The minimum absolute atomic E-state index is 0.0515. The van der Waals surface area contributed by atoms with Gasteiger partial charge in [-0.1, -0.05) is 6.92 Å². The third kappa shape index (κ3) is 4.31. The van der Waals surface area contributed by atoms with E-state index in [1.807, 2.05) is 31.7 Å². The molecule has 0 saturated carbocycles. The summed E-state index contributed by atoms with van der Waals surface area (Å²) in [5.41, 5.74) is 16.0. The Labute approximate surface area is 312 Å². The molecule has 10 rings (SSSR count). The number of carbonyl (C=O) groups excluding carboxylic acids is 1. The number of anilines is 1. The molecule has 7 heterocycles. The summed E-state index contributed by atoms with van der Waals surface area (Å²) in [6.45, 7) is 10.1. The number of H-pyrrole nitrogens is 1. The molecule has 0 bridgehead atoms. The Kier molecular flexibility index (Phi) is 7.21. The SMILES string of the molecule is COc1c(C)cc2c(c1O)C1C3C(SCC4c5[nH]c6ccc(N)cc6c5C(C)CN4C)c4c(OC(C)=O)c(C)c5c(c4C(CO)N3CC3C[N+]231)OCO5. The Balaban J connectivity index is 1.17. The van der Waals surface area contributed by atoms with E-state index in [0.29, 0.717) is 40.5 Å². The molecule has 8 unspecified atom stereocenters. The van der Waals surface area contributed by atoms with E-state index in [0.717, 1.165) is 69.0 Å². The van der Waals surface area contributed by atoms with Crippen molar-refractivity contribution < 1.29 is 34.0 Å². The lowest BCUT2D eigenvalue weighted by atomic mass is 9.75. The summed E-state index contributed by atoms with van der Waals surface area (Å²) < 4.78 is 25.0. The molecule has 6 aliphatic heterocycles. The summed E-state index contributed by atoms with van der Waals surface area (Å²) in [5, 5.41) is 24.1. The van der Waals surface area contributed by atoms with Crippen LogP contribution in [-0.4, -0.2) is 96.0 Å². The van der Waals surface area contributed by atoms with Gasteiger partial charge in [-0.2, -0.15) is 0 Å². The topological polar surface area (TPSA) is 143 Å². The summed E-state index contributed by atoms with van der Waals surface area (Å²) in [6, 6.07) is 8.02. The third-order valence-corrected chi connectivity index (χ3v) is 14.5. The van der Waals surface area contributed by atoms with Gasteiger partial charge in [0.25, 0.3) is 0 Å². The molecule has 13 heteroatoms. The molecule has 5 N–H and O–H groups in total. The number of aliphatic hydroxyl groups excluding tert-OH is 1. The number of phenolic OH excluding ortho intramolecular Hbond substituents is 1. The number of aryl methyl sites for hydroxylation is 1. The molecule has 1 spiro atoms. The van der Waals surface area contributed by atoms with Crippen LogP contribution in [0.4, 0.5) is 11.4 Å². The van der Waals surface area contributed by atoms with E-state index in [9.17, 15) is 15.0 Å². The van der Waals surface area contributed by atoms with Gasteiger partial charge in [-0.05, 0) is 50.6 Å². The lowest BCUT2D eigenvalue weighted by Crippen LogP contribution is -2.64. The highest BCUT2D eigenvalue weighted by molar-refractivity contribution is 7.99. The first-order chi connectivity index (χ1) is 25.5. The second-order valence-electron chi connectivity index (χ2n) is 15.9.